The molecule has 0 N–H and O–H groups in total. The van der Waals surface area contributed by atoms with E-state index in [1.165, 1.54) is 16.0 Å². The van der Waals surface area contributed by atoms with Crippen LogP contribution in [0.2, 0.25) is 0 Å². The lowest BCUT2D eigenvalue weighted by atomic mass is 10.0. The van der Waals surface area contributed by atoms with Crippen LogP contribution in [0, 0.1) is 0 Å². The molecule has 0 spiro atoms. The molecule has 0 aromatic heterocycles. The molecule has 4 heteroatoms. The van der Waals surface area contributed by atoms with Gasteiger partial charge in [0.1, 0.15) is 0 Å². The second-order valence-corrected chi connectivity index (χ2v) is 6.06. The Morgan fingerprint density at radius 3 is 1.25 bits per heavy atom. The van der Waals surface area contributed by atoms with Crippen LogP contribution in [0.15, 0.2) is 95.9 Å². The second-order valence-electron chi connectivity index (χ2n) is 4.88. The molecule has 0 nitrogen and oxygen atoms in total. The maximum atomic E-state index is 9.67. The van der Waals surface area contributed by atoms with Crippen molar-refractivity contribution >= 4 is 11.8 Å². The molecule has 0 saturated carbocycles. The van der Waals surface area contributed by atoms with Gasteiger partial charge >= 0.3 is 6.68 Å². The monoisotopic (exact) mass is 346 g/mol. The molecule has 0 fully saturated rings. The van der Waals surface area contributed by atoms with E-state index in [4.69, 9.17) is 0 Å². The molecule has 0 radical (unpaired) electrons. The van der Waals surface area contributed by atoms with E-state index >= 15 is 0 Å². The lowest BCUT2D eigenvalue weighted by Gasteiger charge is -2.17. The van der Waals surface area contributed by atoms with Gasteiger partial charge in [-0.2, -0.15) is 13.2 Å². The van der Waals surface area contributed by atoms with Crippen LogP contribution >= 0.6 is 11.8 Å². The van der Waals surface area contributed by atoms with Crippen molar-refractivity contribution < 1.29 is 13.2 Å². The average molecular weight is 346 g/mol. The highest BCUT2D eigenvalue weighted by Crippen LogP contribution is 2.40. The summed E-state index contributed by atoms with van der Waals surface area (Å²) in [6.45, 7) is -3.67. The Hall–Kier alpha value is -2.20. The number of rotatable bonds is 4. The quantitative estimate of drug-likeness (QED) is 0.471. The summed E-state index contributed by atoms with van der Waals surface area (Å²) in [4.78, 5) is 1.30. The Labute approximate surface area is 144 Å². The zero-order valence-corrected chi connectivity index (χ0v) is 13.7. The first kappa shape index (κ1) is 18.1. The summed E-state index contributed by atoms with van der Waals surface area (Å²) in [6, 6.07) is 32.0. The summed E-state index contributed by atoms with van der Waals surface area (Å²) in [5.74, 6) is 0. The number of thioether (sulfide) groups is 1. The van der Waals surface area contributed by atoms with Gasteiger partial charge in [0.15, 0.2) is 0 Å². The van der Waals surface area contributed by atoms with E-state index in [2.05, 4.69) is 91.0 Å². The smallest absolute Gasteiger partial charge is 0.174 e. The third-order valence-corrected chi connectivity index (χ3v) is 4.53. The van der Waals surface area contributed by atoms with Gasteiger partial charge in [-0.3, -0.25) is 0 Å². The Kier molecular flexibility index (Phi) is 7.43. The summed E-state index contributed by atoms with van der Waals surface area (Å²) in [6.07, 6.45) is 0. The van der Waals surface area contributed by atoms with E-state index < -0.39 is 6.68 Å². The first-order chi connectivity index (χ1) is 11.7. The molecule has 0 amide bonds. The van der Waals surface area contributed by atoms with Crippen molar-refractivity contribution in [3.05, 3.63) is 102 Å². The third-order valence-electron chi connectivity index (χ3n) is 3.20. The van der Waals surface area contributed by atoms with Crippen molar-refractivity contribution in [3.63, 3.8) is 0 Å². The largest absolute Gasteiger partial charge is 0.379 e. The van der Waals surface area contributed by atoms with Crippen molar-refractivity contribution in [2.75, 3.05) is 0 Å². The summed E-state index contributed by atoms with van der Waals surface area (Å²) in [5, 5.41) is 0.333. The van der Waals surface area contributed by atoms with E-state index in [1.54, 1.807) is 0 Å². The number of hydrogen-bond donors (Lipinski definition) is 0. The molecule has 0 saturated heterocycles. The lowest BCUT2D eigenvalue weighted by molar-refractivity contribution is 0.00819. The van der Waals surface area contributed by atoms with Crippen LogP contribution in [0.1, 0.15) is 16.4 Å². The Balaban J connectivity index is 0.000000471. The molecule has 0 aliphatic heterocycles. The highest BCUT2D eigenvalue weighted by atomic mass is 32.2. The molecule has 0 bridgehead atoms. The first-order valence-electron chi connectivity index (χ1n) is 7.40. The van der Waals surface area contributed by atoms with Gasteiger partial charge in [0, 0.05) is 4.90 Å². The van der Waals surface area contributed by atoms with Crippen molar-refractivity contribution in [1.82, 2.24) is 0 Å². The molecule has 24 heavy (non-hydrogen) atoms. The van der Waals surface area contributed by atoms with Gasteiger partial charge in [0.25, 0.3) is 0 Å². The summed E-state index contributed by atoms with van der Waals surface area (Å²) >= 11 is 1.89. The van der Waals surface area contributed by atoms with Gasteiger partial charge < -0.3 is 0 Å². The minimum atomic E-state index is -3.67. The minimum Gasteiger partial charge on any atom is -0.174 e. The van der Waals surface area contributed by atoms with E-state index in [0.29, 0.717) is 5.25 Å². The van der Waals surface area contributed by atoms with Gasteiger partial charge in [0.2, 0.25) is 0 Å². The summed E-state index contributed by atoms with van der Waals surface area (Å²) < 4.78 is 29.0. The van der Waals surface area contributed by atoms with Gasteiger partial charge in [0.05, 0.1) is 5.25 Å². The number of alkyl halides is 3. The van der Waals surface area contributed by atoms with E-state index in [-0.39, 0.29) is 0 Å². The lowest BCUT2D eigenvalue weighted by Crippen LogP contribution is -1.96. The molecule has 0 aliphatic carbocycles. The zero-order chi connectivity index (χ0) is 17.2. The van der Waals surface area contributed by atoms with E-state index in [1.807, 2.05) is 11.8 Å². The topological polar surface area (TPSA) is 0 Å². The fourth-order valence-corrected chi connectivity index (χ4v) is 3.39. The van der Waals surface area contributed by atoms with Crippen molar-refractivity contribution in [3.8, 4) is 0 Å². The van der Waals surface area contributed by atoms with Crippen LogP contribution in [0.4, 0.5) is 13.2 Å². The minimum absolute atomic E-state index is 0.333. The maximum absolute atomic E-state index is 9.67. The molecule has 0 aliphatic rings. The van der Waals surface area contributed by atoms with Crippen LogP contribution in [-0.4, -0.2) is 6.68 Å². The molecular weight excluding hydrogens is 329 g/mol. The van der Waals surface area contributed by atoms with Crippen molar-refractivity contribution in [1.29, 1.82) is 0 Å². The van der Waals surface area contributed by atoms with Gasteiger partial charge in [-0.25, -0.2) is 0 Å². The first-order valence-corrected chi connectivity index (χ1v) is 8.28. The van der Waals surface area contributed by atoms with Crippen molar-refractivity contribution in [2.45, 2.75) is 16.8 Å². The molecule has 3 aromatic rings. The predicted molar refractivity (Wildman–Crippen MR) is 94.1 cm³/mol. The number of benzene rings is 3. The number of hydrogen-bond acceptors (Lipinski definition) is 1. The van der Waals surface area contributed by atoms with Crippen LogP contribution in [0.3, 0.4) is 0 Å². The summed E-state index contributed by atoms with van der Waals surface area (Å²) in [5.41, 5.74) is 2.68. The number of halogens is 3. The van der Waals surface area contributed by atoms with Crippen LogP contribution in [0.5, 0.6) is 0 Å². The molecule has 0 atom stereocenters. The highest BCUT2D eigenvalue weighted by Gasteiger charge is 2.14. The third kappa shape index (κ3) is 6.13. The second kappa shape index (κ2) is 9.83. The molecule has 124 valence electrons. The zero-order valence-electron chi connectivity index (χ0n) is 12.9. The van der Waals surface area contributed by atoms with E-state index in [9.17, 15) is 13.2 Å². The predicted octanol–water partition coefficient (Wildman–Crippen LogP) is 6.75. The van der Waals surface area contributed by atoms with Crippen LogP contribution in [0.25, 0.3) is 0 Å². The molecule has 0 heterocycles. The van der Waals surface area contributed by atoms with Crippen LogP contribution in [-0.2, 0) is 0 Å². The van der Waals surface area contributed by atoms with Gasteiger partial charge in [-0.1, -0.05) is 78.9 Å². The molecular formula is C20H17F3S. The summed E-state index contributed by atoms with van der Waals surface area (Å²) in [7, 11) is 0. The fraction of sp³-hybridized carbons (Fsp3) is 0.100. The Morgan fingerprint density at radius 1 is 0.542 bits per heavy atom. The fourth-order valence-electron chi connectivity index (χ4n) is 2.22. The van der Waals surface area contributed by atoms with Gasteiger partial charge in [-0.05, 0) is 23.3 Å². The Morgan fingerprint density at radius 2 is 0.875 bits per heavy atom. The molecule has 3 rings (SSSR count). The standard InChI is InChI=1S/C19H16S.CHF3/c1-4-10-16(11-5-1)19(17-12-6-2-7-13-17)20-18-14-8-3-9-15-18;2-1(3)4/h1-15,19H;1H. The Bertz CT molecular complexity index is 646. The molecule has 0 unspecified atom stereocenters. The van der Waals surface area contributed by atoms with Gasteiger partial charge in [-0.15, -0.1) is 11.8 Å². The molecule has 3 aromatic carbocycles. The highest BCUT2D eigenvalue weighted by molar-refractivity contribution is 7.99. The van der Waals surface area contributed by atoms with E-state index in [0.717, 1.165) is 0 Å². The maximum Gasteiger partial charge on any atom is 0.379 e. The van der Waals surface area contributed by atoms with Crippen LogP contribution < -0.4 is 0 Å². The van der Waals surface area contributed by atoms with Crippen molar-refractivity contribution in [2.24, 2.45) is 0 Å². The average Bonchev–Trinajstić information content (AvgIpc) is 2.62. The normalized spacial score (nSPS) is 10.4. The SMILES string of the molecule is FC(F)F.c1ccc(SC(c2ccccc2)c2ccccc2)cc1.